The van der Waals surface area contributed by atoms with Crippen molar-refractivity contribution in [2.45, 2.75) is 19.8 Å². The number of nitrogens with one attached hydrogen (secondary N) is 1. The van der Waals surface area contributed by atoms with Gasteiger partial charge in [0.25, 0.3) is 5.91 Å². The lowest BCUT2D eigenvalue weighted by Crippen LogP contribution is -2.25. The van der Waals surface area contributed by atoms with Crippen molar-refractivity contribution in [1.29, 1.82) is 0 Å². The highest BCUT2D eigenvalue weighted by Crippen LogP contribution is 2.29. The quantitative estimate of drug-likeness (QED) is 0.550. The summed E-state index contributed by atoms with van der Waals surface area (Å²) in [6.45, 7) is 3.01. The van der Waals surface area contributed by atoms with Gasteiger partial charge in [0.05, 0.1) is 13.7 Å². The monoisotopic (exact) mass is 414 g/mol. The second kappa shape index (κ2) is 10.0. The number of halogens is 1. The van der Waals surface area contributed by atoms with E-state index in [0.29, 0.717) is 35.9 Å². The van der Waals surface area contributed by atoms with E-state index in [1.54, 1.807) is 24.6 Å². The van der Waals surface area contributed by atoms with E-state index in [9.17, 15) is 9.18 Å². The topological polar surface area (TPSA) is 60.5 Å². The Labute approximate surface area is 173 Å². The summed E-state index contributed by atoms with van der Waals surface area (Å²) in [7, 11) is 1.62. The largest absolute Gasteiger partial charge is 0.497 e. The highest BCUT2D eigenvalue weighted by Gasteiger charge is 2.15. The first-order chi connectivity index (χ1) is 14.1. The van der Waals surface area contributed by atoms with Gasteiger partial charge in [-0.25, -0.2) is 9.37 Å². The number of carbonyl (C=O) groups excluding carboxylic acids is 1. The molecule has 1 N–H and O–H groups in total. The van der Waals surface area contributed by atoms with Crippen LogP contribution in [0, 0.1) is 5.82 Å². The molecule has 0 unspecified atom stereocenters. The molecule has 3 rings (SSSR count). The van der Waals surface area contributed by atoms with Crippen LogP contribution in [0.15, 0.2) is 47.8 Å². The molecule has 0 aliphatic carbocycles. The molecule has 0 fully saturated rings. The Kier molecular flexibility index (Phi) is 7.19. The van der Waals surface area contributed by atoms with Crippen molar-refractivity contribution < 1.29 is 18.7 Å². The van der Waals surface area contributed by atoms with Crippen molar-refractivity contribution in [3.05, 3.63) is 64.9 Å². The van der Waals surface area contributed by atoms with Crippen LogP contribution < -0.4 is 14.8 Å². The average Bonchev–Trinajstić information content (AvgIpc) is 3.23. The minimum Gasteiger partial charge on any atom is -0.497 e. The second-order valence-electron chi connectivity index (χ2n) is 6.38. The summed E-state index contributed by atoms with van der Waals surface area (Å²) >= 11 is 1.24. The van der Waals surface area contributed by atoms with Crippen LogP contribution in [0.25, 0.3) is 10.6 Å². The molecule has 29 heavy (non-hydrogen) atoms. The van der Waals surface area contributed by atoms with E-state index in [-0.39, 0.29) is 11.6 Å². The molecule has 0 saturated carbocycles. The van der Waals surface area contributed by atoms with Crippen LogP contribution in [0.1, 0.15) is 29.4 Å². The summed E-state index contributed by atoms with van der Waals surface area (Å²) in [5.41, 5.74) is 1.74. The van der Waals surface area contributed by atoms with Gasteiger partial charge in [0.2, 0.25) is 0 Å². The molecule has 0 radical (unpaired) electrons. The Hall–Kier alpha value is -2.93. The summed E-state index contributed by atoms with van der Waals surface area (Å²) in [6, 6.07) is 12.4. The average molecular weight is 415 g/mol. The number of aromatic nitrogens is 1. The number of methoxy groups -OCH3 is 1. The van der Waals surface area contributed by atoms with Gasteiger partial charge in [-0.2, -0.15) is 0 Å². The van der Waals surface area contributed by atoms with Gasteiger partial charge in [-0.05, 0) is 42.7 Å². The lowest BCUT2D eigenvalue weighted by atomic mass is 10.1. The van der Waals surface area contributed by atoms with Crippen LogP contribution in [0.3, 0.4) is 0 Å². The van der Waals surface area contributed by atoms with Gasteiger partial charge in [0.1, 0.15) is 28.0 Å². The molecule has 0 aliphatic rings. The maximum Gasteiger partial charge on any atom is 0.270 e. The first-order valence-electron chi connectivity index (χ1n) is 9.40. The van der Waals surface area contributed by atoms with E-state index in [1.165, 1.54) is 17.4 Å². The first kappa shape index (κ1) is 20.8. The maximum absolute atomic E-state index is 14.4. The van der Waals surface area contributed by atoms with Gasteiger partial charge in [-0.1, -0.05) is 19.1 Å². The Morgan fingerprint density at radius 3 is 2.62 bits per heavy atom. The van der Waals surface area contributed by atoms with Crippen molar-refractivity contribution >= 4 is 17.2 Å². The third kappa shape index (κ3) is 5.54. The van der Waals surface area contributed by atoms with Gasteiger partial charge >= 0.3 is 0 Å². The minimum atomic E-state index is -0.417. The Bertz CT molecular complexity index is 957. The molecule has 1 amide bonds. The maximum atomic E-state index is 14.4. The van der Waals surface area contributed by atoms with E-state index in [0.717, 1.165) is 17.7 Å². The Morgan fingerprint density at radius 1 is 1.17 bits per heavy atom. The molecule has 0 atom stereocenters. The normalized spacial score (nSPS) is 10.6. The molecule has 0 spiro atoms. The van der Waals surface area contributed by atoms with Gasteiger partial charge in [-0.3, -0.25) is 4.79 Å². The third-order valence-electron chi connectivity index (χ3n) is 4.24. The molecule has 1 heterocycles. The van der Waals surface area contributed by atoms with Gasteiger partial charge in [0.15, 0.2) is 0 Å². The SMILES string of the molecule is CCCOc1ccc(-c2nc(C(=O)NCCc3ccc(OC)cc3)cs2)c(F)c1. The first-order valence-corrected chi connectivity index (χ1v) is 10.3. The van der Waals surface area contributed by atoms with Crippen molar-refractivity contribution in [3.63, 3.8) is 0 Å². The zero-order valence-corrected chi connectivity index (χ0v) is 17.2. The fourth-order valence-electron chi connectivity index (χ4n) is 2.68. The van der Waals surface area contributed by atoms with E-state index >= 15 is 0 Å². The number of amides is 1. The number of hydrogen-bond acceptors (Lipinski definition) is 5. The third-order valence-corrected chi connectivity index (χ3v) is 5.11. The second-order valence-corrected chi connectivity index (χ2v) is 7.24. The Balaban J connectivity index is 1.58. The standard InChI is InChI=1S/C22H23FN2O3S/c1-3-12-28-17-8-9-18(19(23)13-17)22-25-20(14-29-22)21(26)24-11-10-15-4-6-16(27-2)7-5-15/h4-9,13-14H,3,10-12H2,1-2H3,(H,24,26). The highest BCUT2D eigenvalue weighted by molar-refractivity contribution is 7.13. The molecule has 0 aliphatic heterocycles. The van der Waals surface area contributed by atoms with Crippen molar-refractivity contribution in [1.82, 2.24) is 10.3 Å². The predicted octanol–water partition coefficient (Wildman–Crippen LogP) is 4.72. The van der Waals surface area contributed by atoms with Crippen molar-refractivity contribution in [3.8, 4) is 22.1 Å². The number of carbonyl (C=O) groups is 1. The lowest BCUT2D eigenvalue weighted by molar-refractivity contribution is 0.0950. The van der Waals surface area contributed by atoms with Crippen LogP contribution >= 0.6 is 11.3 Å². The molecule has 0 bridgehead atoms. The molecular formula is C22H23FN2O3S. The summed E-state index contributed by atoms with van der Waals surface area (Å²) in [5.74, 6) is 0.592. The summed E-state index contributed by atoms with van der Waals surface area (Å²) in [5, 5.41) is 4.95. The minimum absolute atomic E-state index is 0.274. The molecule has 0 saturated heterocycles. The van der Waals surface area contributed by atoms with Gasteiger partial charge in [-0.15, -0.1) is 11.3 Å². The number of nitrogens with zero attached hydrogens (tertiary/aromatic N) is 1. The van der Waals surface area contributed by atoms with Crippen LogP contribution in [0.5, 0.6) is 11.5 Å². The number of benzene rings is 2. The molecule has 3 aromatic rings. The molecule has 152 valence electrons. The summed E-state index contributed by atoms with van der Waals surface area (Å²) in [4.78, 5) is 16.6. The number of thiazole rings is 1. The molecular weight excluding hydrogens is 391 g/mol. The summed E-state index contributed by atoms with van der Waals surface area (Å²) < 4.78 is 25.0. The van der Waals surface area contributed by atoms with Crippen molar-refractivity contribution in [2.75, 3.05) is 20.3 Å². The number of hydrogen-bond donors (Lipinski definition) is 1. The molecule has 2 aromatic carbocycles. The predicted molar refractivity (Wildman–Crippen MR) is 112 cm³/mol. The highest BCUT2D eigenvalue weighted by atomic mass is 32.1. The lowest BCUT2D eigenvalue weighted by Gasteiger charge is -2.06. The van der Waals surface area contributed by atoms with Crippen LogP contribution in [0.2, 0.25) is 0 Å². The fraction of sp³-hybridized carbons (Fsp3) is 0.273. The number of rotatable bonds is 9. The smallest absolute Gasteiger partial charge is 0.270 e. The zero-order chi connectivity index (χ0) is 20.6. The molecule has 7 heteroatoms. The van der Waals surface area contributed by atoms with Crippen molar-refractivity contribution in [2.24, 2.45) is 0 Å². The van der Waals surface area contributed by atoms with E-state index < -0.39 is 5.82 Å². The van der Waals surface area contributed by atoms with Gasteiger partial charge in [0, 0.05) is 23.6 Å². The number of ether oxygens (including phenoxy) is 2. The Morgan fingerprint density at radius 2 is 1.93 bits per heavy atom. The van der Waals surface area contributed by atoms with E-state index in [2.05, 4.69) is 10.3 Å². The zero-order valence-electron chi connectivity index (χ0n) is 16.4. The van der Waals surface area contributed by atoms with E-state index in [1.807, 2.05) is 31.2 Å². The fourth-order valence-corrected chi connectivity index (χ4v) is 3.51. The van der Waals surface area contributed by atoms with Crippen LogP contribution in [-0.2, 0) is 6.42 Å². The molecule has 5 nitrogen and oxygen atoms in total. The summed E-state index contributed by atoms with van der Waals surface area (Å²) in [6.07, 6.45) is 1.55. The van der Waals surface area contributed by atoms with Crippen LogP contribution in [-0.4, -0.2) is 31.2 Å². The molecule has 1 aromatic heterocycles. The van der Waals surface area contributed by atoms with E-state index in [4.69, 9.17) is 9.47 Å². The van der Waals surface area contributed by atoms with Crippen LogP contribution in [0.4, 0.5) is 4.39 Å². The van der Waals surface area contributed by atoms with Gasteiger partial charge < -0.3 is 14.8 Å².